The Morgan fingerprint density at radius 1 is 1.20 bits per heavy atom. The van der Waals surface area contributed by atoms with Gasteiger partial charge in [-0.15, -0.1) is 0 Å². The van der Waals surface area contributed by atoms with Gasteiger partial charge in [0.2, 0.25) is 0 Å². The molecule has 0 unspecified atom stereocenters. The SMILES string of the molecule is NC(=O)c1ccccc1N1CCC(NCC2CC2)CC1. The van der Waals surface area contributed by atoms with Crippen molar-refractivity contribution < 1.29 is 4.79 Å². The summed E-state index contributed by atoms with van der Waals surface area (Å²) in [6, 6.07) is 8.28. The van der Waals surface area contributed by atoms with Gasteiger partial charge in [0.1, 0.15) is 0 Å². The molecule has 1 aromatic rings. The van der Waals surface area contributed by atoms with Gasteiger partial charge in [0, 0.05) is 24.8 Å². The normalized spacial score (nSPS) is 20.1. The highest BCUT2D eigenvalue weighted by Gasteiger charge is 2.25. The molecular weight excluding hydrogens is 250 g/mol. The van der Waals surface area contributed by atoms with Crippen LogP contribution in [0.1, 0.15) is 36.0 Å². The highest BCUT2D eigenvalue weighted by molar-refractivity contribution is 5.98. The molecule has 2 fully saturated rings. The minimum Gasteiger partial charge on any atom is -0.371 e. The van der Waals surface area contributed by atoms with Crippen LogP contribution in [0.2, 0.25) is 0 Å². The molecule has 1 aliphatic heterocycles. The Bertz CT molecular complexity index is 476. The summed E-state index contributed by atoms with van der Waals surface area (Å²) < 4.78 is 0. The number of hydrogen-bond donors (Lipinski definition) is 2. The first-order chi connectivity index (χ1) is 9.74. The van der Waals surface area contributed by atoms with E-state index in [1.807, 2.05) is 24.3 Å². The van der Waals surface area contributed by atoms with E-state index in [1.165, 1.54) is 19.4 Å². The molecule has 1 aromatic carbocycles. The molecule has 20 heavy (non-hydrogen) atoms. The highest BCUT2D eigenvalue weighted by Crippen LogP contribution is 2.28. The fourth-order valence-electron chi connectivity index (χ4n) is 2.94. The average Bonchev–Trinajstić information content (AvgIpc) is 3.30. The fraction of sp³-hybridized carbons (Fsp3) is 0.562. The second-order valence-electron chi connectivity index (χ2n) is 5.99. The van der Waals surface area contributed by atoms with Gasteiger partial charge in [-0.25, -0.2) is 0 Å². The Morgan fingerprint density at radius 2 is 1.90 bits per heavy atom. The van der Waals surface area contributed by atoms with Crippen LogP contribution in [0.4, 0.5) is 5.69 Å². The quantitative estimate of drug-likeness (QED) is 0.859. The number of nitrogens with zero attached hydrogens (tertiary/aromatic N) is 1. The molecule has 4 heteroatoms. The lowest BCUT2D eigenvalue weighted by Crippen LogP contribution is -2.43. The molecule has 0 spiro atoms. The van der Waals surface area contributed by atoms with Gasteiger partial charge in [-0.05, 0) is 50.3 Å². The maximum atomic E-state index is 11.5. The Morgan fingerprint density at radius 3 is 2.55 bits per heavy atom. The van der Waals surface area contributed by atoms with Crippen molar-refractivity contribution in [2.75, 3.05) is 24.5 Å². The van der Waals surface area contributed by atoms with E-state index in [4.69, 9.17) is 5.73 Å². The lowest BCUT2D eigenvalue weighted by Gasteiger charge is -2.35. The number of amides is 1. The number of para-hydroxylation sites is 1. The van der Waals surface area contributed by atoms with Crippen molar-refractivity contribution in [1.29, 1.82) is 0 Å². The second-order valence-corrected chi connectivity index (χ2v) is 5.99. The molecule has 0 aromatic heterocycles. The van der Waals surface area contributed by atoms with E-state index in [1.54, 1.807) is 0 Å². The molecule has 0 atom stereocenters. The van der Waals surface area contributed by atoms with Crippen molar-refractivity contribution in [3.63, 3.8) is 0 Å². The Labute approximate surface area is 120 Å². The van der Waals surface area contributed by atoms with Crippen LogP contribution in [-0.2, 0) is 0 Å². The molecule has 1 amide bonds. The van der Waals surface area contributed by atoms with E-state index in [2.05, 4.69) is 10.2 Å². The topological polar surface area (TPSA) is 58.4 Å². The predicted molar refractivity (Wildman–Crippen MR) is 80.9 cm³/mol. The van der Waals surface area contributed by atoms with Gasteiger partial charge in [0.15, 0.2) is 0 Å². The molecule has 108 valence electrons. The maximum absolute atomic E-state index is 11.5. The number of piperidine rings is 1. The van der Waals surface area contributed by atoms with Crippen LogP contribution in [0.15, 0.2) is 24.3 Å². The van der Waals surface area contributed by atoms with Crippen LogP contribution in [0, 0.1) is 5.92 Å². The molecule has 2 aliphatic rings. The number of carbonyl (C=O) groups is 1. The third-order valence-electron chi connectivity index (χ3n) is 4.40. The number of benzene rings is 1. The van der Waals surface area contributed by atoms with E-state index in [9.17, 15) is 4.79 Å². The average molecular weight is 273 g/mol. The minimum absolute atomic E-state index is 0.338. The van der Waals surface area contributed by atoms with E-state index in [0.29, 0.717) is 11.6 Å². The molecular formula is C16H23N3O. The number of anilines is 1. The van der Waals surface area contributed by atoms with E-state index in [0.717, 1.165) is 37.5 Å². The summed E-state index contributed by atoms with van der Waals surface area (Å²) in [5, 5.41) is 3.67. The molecule has 1 saturated carbocycles. The number of rotatable bonds is 5. The molecule has 3 N–H and O–H groups in total. The zero-order valence-corrected chi connectivity index (χ0v) is 11.8. The number of primary amides is 1. The number of carbonyl (C=O) groups excluding carboxylic acids is 1. The van der Waals surface area contributed by atoms with Gasteiger partial charge in [-0.1, -0.05) is 12.1 Å². The zero-order chi connectivity index (χ0) is 13.9. The second kappa shape index (κ2) is 5.83. The largest absolute Gasteiger partial charge is 0.371 e. The summed E-state index contributed by atoms with van der Waals surface area (Å²) in [7, 11) is 0. The standard InChI is InChI=1S/C16H23N3O/c17-16(20)14-3-1-2-4-15(14)19-9-7-13(8-10-19)18-11-12-5-6-12/h1-4,12-13,18H,5-11H2,(H2,17,20). The highest BCUT2D eigenvalue weighted by atomic mass is 16.1. The fourth-order valence-corrected chi connectivity index (χ4v) is 2.94. The molecule has 4 nitrogen and oxygen atoms in total. The number of nitrogens with one attached hydrogen (secondary N) is 1. The van der Waals surface area contributed by atoms with Crippen molar-refractivity contribution in [1.82, 2.24) is 5.32 Å². The van der Waals surface area contributed by atoms with Gasteiger partial charge >= 0.3 is 0 Å². The van der Waals surface area contributed by atoms with Crippen molar-refractivity contribution in [2.45, 2.75) is 31.7 Å². The van der Waals surface area contributed by atoms with Gasteiger partial charge in [0.05, 0.1) is 5.56 Å². The molecule has 0 radical (unpaired) electrons. The van der Waals surface area contributed by atoms with Gasteiger partial charge in [-0.3, -0.25) is 4.79 Å². The third kappa shape index (κ3) is 3.12. The molecule has 1 saturated heterocycles. The first-order valence-corrected chi connectivity index (χ1v) is 7.61. The number of hydrogen-bond acceptors (Lipinski definition) is 3. The summed E-state index contributed by atoms with van der Waals surface area (Å²) in [6.07, 6.45) is 5.08. The van der Waals surface area contributed by atoms with Crippen LogP contribution >= 0.6 is 0 Å². The van der Waals surface area contributed by atoms with Crippen molar-refractivity contribution in [2.24, 2.45) is 11.7 Å². The first kappa shape index (κ1) is 13.4. The van der Waals surface area contributed by atoms with E-state index >= 15 is 0 Å². The minimum atomic E-state index is -0.338. The Kier molecular flexibility index (Phi) is 3.92. The van der Waals surface area contributed by atoms with Crippen LogP contribution in [0.5, 0.6) is 0 Å². The molecule has 0 bridgehead atoms. The number of nitrogens with two attached hydrogens (primary N) is 1. The van der Waals surface area contributed by atoms with Crippen LogP contribution in [0.3, 0.4) is 0 Å². The maximum Gasteiger partial charge on any atom is 0.250 e. The summed E-state index contributed by atoms with van der Waals surface area (Å²) in [4.78, 5) is 13.8. The predicted octanol–water partition coefficient (Wildman–Crippen LogP) is 1.75. The monoisotopic (exact) mass is 273 g/mol. The summed E-state index contributed by atoms with van der Waals surface area (Å²) >= 11 is 0. The lowest BCUT2D eigenvalue weighted by atomic mass is 10.0. The van der Waals surface area contributed by atoms with Gasteiger partial charge < -0.3 is 16.0 Å². The zero-order valence-electron chi connectivity index (χ0n) is 11.8. The summed E-state index contributed by atoms with van der Waals surface area (Å²) in [5.41, 5.74) is 7.08. The first-order valence-electron chi connectivity index (χ1n) is 7.61. The van der Waals surface area contributed by atoms with Crippen LogP contribution < -0.4 is 16.0 Å². The van der Waals surface area contributed by atoms with Gasteiger partial charge in [0.25, 0.3) is 5.91 Å². The molecule has 3 rings (SSSR count). The Hall–Kier alpha value is -1.55. The third-order valence-corrected chi connectivity index (χ3v) is 4.40. The van der Waals surface area contributed by atoms with Crippen LogP contribution in [0.25, 0.3) is 0 Å². The summed E-state index contributed by atoms with van der Waals surface area (Å²) in [5.74, 6) is 0.596. The van der Waals surface area contributed by atoms with Crippen molar-refractivity contribution in [3.05, 3.63) is 29.8 Å². The smallest absolute Gasteiger partial charge is 0.250 e. The summed E-state index contributed by atoms with van der Waals surface area (Å²) in [6.45, 7) is 3.17. The molecule has 1 aliphatic carbocycles. The van der Waals surface area contributed by atoms with Gasteiger partial charge in [-0.2, -0.15) is 0 Å². The van der Waals surface area contributed by atoms with E-state index in [-0.39, 0.29) is 5.91 Å². The molecule has 1 heterocycles. The van der Waals surface area contributed by atoms with Crippen LogP contribution in [-0.4, -0.2) is 31.6 Å². The van der Waals surface area contributed by atoms with Crippen molar-refractivity contribution in [3.8, 4) is 0 Å². The Balaban J connectivity index is 1.58. The van der Waals surface area contributed by atoms with Crippen molar-refractivity contribution >= 4 is 11.6 Å². The lowest BCUT2D eigenvalue weighted by molar-refractivity contribution is 0.100. The van der Waals surface area contributed by atoms with E-state index < -0.39 is 0 Å².